The lowest BCUT2D eigenvalue weighted by atomic mass is 10.2. The normalized spacial score (nSPS) is 12.6. The summed E-state index contributed by atoms with van der Waals surface area (Å²) in [5.41, 5.74) is 1.67. The monoisotopic (exact) mass is 364 g/mol. The van der Waals surface area contributed by atoms with Crippen LogP contribution in [0, 0.1) is 0 Å². The van der Waals surface area contributed by atoms with Crippen LogP contribution in [0.4, 0.5) is 10.5 Å². The van der Waals surface area contributed by atoms with Crippen molar-refractivity contribution in [1.29, 1.82) is 0 Å². The van der Waals surface area contributed by atoms with Gasteiger partial charge >= 0.3 is 6.03 Å². The molecular weight excluding hydrogens is 348 g/mol. The molecule has 0 radical (unpaired) electrons. The minimum atomic E-state index is -0.281. The number of urea groups is 1. The molecule has 0 aliphatic carbocycles. The van der Waals surface area contributed by atoms with Crippen molar-refractivity contribution in [1.82, 2.24) is 5.32 Å². The van der Waals surface area contributed by atoms with Crippen LogP contribution in [0.5, 0.6) is 11.5 Å². The van der Waals surface area contributed by atoms with Crippen LogP contribution in [0.25, 0.3) is 0 Å². The number of ether oxygens (including phenoxy) is 2. The molecule has 0 spiro atoms. The van der Waals surface area contributed by atoms with Crippen LogP contribution in [0.1, 0.15) is 5.56 Å². The fraction of sp³-hybridized carbons (Fsp3) is 0.235. The number of hydrogen-bond acceptors (Lipinski definition) is 4. The third kappa shape index (κ3) is 4.07. The van der Waals surface area contributed by atoms with Crippen LogP contribution in [0.2, 0.25) is 5.02 Å². The summed E-state index contributed by atoms with van der Waals surface area (Å²) in [6, 6.07) is 10.7. The maximum Gasteiger partial charge on any atom is 0.319 e. The number of benzene rings is 2. The minimum absolute atomic E-state index is 0.281. The van der Waals surface area contributed by atoms with Gasteiger partial charge in [0.15, 0.2) is 11.5 Å². The van der Waals surface area contributed by atoms with Gasteiger partial charge in [-0.15, -0.1) is 11.8 Å². The lowest BCUT2D eigenvalue weighted by Gasteiger charge is -2.21. The predicted octanol–water partition coefficient (Wildman–Crippen LogP) is 4.15. The lowest BCUT2D eigenvalue weighted by molar-refractivity contribution is 0.171. The molecular formula is C17H17ClN2O3S. The van der Waals surface area contributed by atoms with Crippen molar-refractivity contribution in [3.8, 4) is 11.5 Å². The third-order valence-electron chi connectivity index (χ3n) is 3.48. The Kier molecular flexibility index (Phi) is 5.37. The lowest BCUT2D eigenvalue weighted by Crippen LogP contribution is -2.28. The number of amides is 2. The van der Waals surface area contributed by atoms with Crippen LogP contribution in [-0.4, -0.2) is 25.5 Å². The van der Waals surface area contributed by atoms with Gasteiger partial charge in [0.2, 0.25) is 0 Å². The molecule has 2 aromatic carbocycles. The van der Waals surface area contributed by atoms with Crippen molar-refractivity contribution < 1.29 is 14.3 Å². The molecule has 0 fully saturated rings. The van der Waals surface area contributed by atoms with Gasteiger partial charge in [0, 0.05) is 22.5 Å². The Morgan fingerprint density at radius 1 is 1.17 bits per heavy atom. The van der Waals surface area contributed by atoms with E-state index in [1.54, 1.807) is 18.2 Å². The summed E-state index contributed by atoms with van der Waals surface area (Å²) in [7, 11) is 0. The van der Waals surface area contributed by atoms with E-state index in [9.17, 15) is 4.79 Å². The van der Waals surface area contributed by atoms with Crippen LogP contribution in [0.15, 0.2) is 41.3 Å². The van der Waals surface area contributed by atoms with Crippen molar-refractivity contribution >= 4 is 35.1 Å². The number of carbonyl (C=O) groups excluding carboxylic acids is 1. The SMILES string of the molecule is CSc1cc2c(cc1NC(=O)NCc1ccc(Cl)cc1)OCCO2. The maximum atomic E-state index is 12.2. The summed E-state index contributed by atoms with van der Waals surface area (Å²) in [5.74, 6) is 1.35. The first kappa shape index (κ1) is 16.8. The average molecular weight is 365 g/mol. The number of carbonyl (C=O) groups is 1. The molecule has 0 saturated heterocycles. The van der Waals surface area contributed by atoms with E-state index >= 15 is 0 Å². The molecule has 24 heavy (non-hydrogen) atoms. The first-order valence-electron chi connectivity index (χ1n) is 7.42. The number of rotatable bonds is 4. The van der Waals surface area contributed by atoms with Crippen LogP contribution < -0.4 is 20.1 Å². The zero-order valence-corrected chi connectivity index (χ0v) is 14.7. The standard InChI is InChI=1S/C17H17ClN2O3S/c1-24-16-9-15-14(22-6-7-23-15)8-13(16)20-17(21)19-10-11-2-4-12(18)5-3-11/h2-5,8-9H,6-7,10H2,1H3,(H2,19,20,21). The molecule has 5 nitrogen and oxygen atoms in total. The number of thioether (sulfide) groups is 1. The molecule has 0 bridgehead atoms. The number of halogens is 1. The van der Waals surface area contributed by atoms with Gasteiger partial charge in [-0.05, 0) is 30.0 Å². The van der Waals surface area contributed by atoms with E-state index in [2.05, 4.69) is 10.6 Å². The van der Waals surface area contributed by atoms with E-state index < -0.39 is 0 Å². The molecule has 1 heterocycles. The fourth-order valence-electron chi connectivity index (χ4n) is 2.29. The number of nitrogens with one attached hydrogen (secondary N) is 2. The van der Waals surface area contributed by atoms with E-state index in [-0.39, 0.29) is 6.03 Å². The van der Waals surface area contributed by atoms with Crippen LogP contribution >= 0.6 is 23.4 Å². The molecule has 0 aromatic heterocycles. The minimum Gasteiger partial charge on any atom is -0.486 e. The topological polar surface area (TPSA) is 59.6 Å². The van der Waals surface area contributed by atoms with Gasteiger partial charge in [-0.2, -0.15) is 0 Å². The first-order chi connectivity index (χ1) is 11.7. The summed E-state index contributed by atoms with van der Waals surface area (Å²) in [4.78, 5) is 13.1. The average Bonchev–Trinajstić information content (AvgIpc) is 2.60. The Balaban J connectivity index is 1.66. The Labute approximate surface area is 149 Å². The van der Waals surface area contributed by atoms with Crippen molar-refractivity contribution in [2.24, 2.45) is 0 Å². The predicted molar refractivity (Wildman–Crippen MR) is 96.5 cm³/mol. The second kappa shape index (κ2) is 7.68. The third-order valence-corrected chi connectivity index (χ3v) is 4.51. The fourth-order valence-corrected chi connectivity index (χ4v) is 2.97. The zero-order valence-electron chi connectivity index (χ0n) is 13.1. The van der Waals surface area contributed by atoms with Gasteiger partial charge in [-0.3, -0.25) is 0 Å². The Bertz CT molecular complexity index is 737. The Morgan fingerprint density at radius 3 is 2.50 bits per heavy atom. The number of hydrogen-bond donors (Lipinski definition) is 2. The molecule has 7 heteroatoms. The number of fused-ring (bicyclic) bond motifs is 1. The highest BCUT2D eigenvalue weighted by Crippen LogP contribution is 2.39. The first-order valence-corrected chi connectivity index (χ1v) is 9.03. The molecule has 0 atom stereocenters. The highest BCUT2D eigenvalue weighted by atomic mass is 35.5. The summed E-state index contributed by atoms with van der Waals surface area (Å²) >= 11 is 7.38. The molecule has 2 amide bonds. The largest absolute Gasteiger partial charge is 0.486 e. The molecule has 3 rings (SSSR count). The van der Waals surface area contributed by atoms with Gasteiger partial charge in [-0.25, -0.2) is 4.79 Å². The number of anilines is 1. The van der Waals surface area contributed by atoms with E-state index in [0.29, 0.717) is 42.0 Å². The van der Waals surface area contributed by atoms with Gasteiger partial charge in [0.25, 0.3) is 0 Å². The molecule has 126 valence electrons. The summed E-state index contributed by atoms with van der Waals surface area (Å²) in [6.45, 7) is 1.46. The summed E-state index contributed by atoms with van der Waals surface area (Å²) in [6.07, 6.45) is 1.95. The summed E-state index contributed by atoms with van der Waals surface area (Å²) in [5, 5.41) is 6.35. The second-order valence-electron chi connectivity index (χ2n) is 5.13. The molecule has 0 saturated carbocycles. The van der Waals surface area contributed by atoms with Crippen LogP contribution in [-0.2, 0) is 6.54 Å². The van der Waals surface area contributed by atoms with E-state index in [4.69, 9.17) is 21.1 Å². The van der Waals surface area contributed by atoms with Gasteiger partial charge in [-0.1, -0.05) is 23.7 Å². The second-order valence-corrected chi connectivity index (χ2v) is 6.41. The highest BCUT2D eigenvalue weighted by Gasteiger charge is 2.16. The molecule has 0 unspecified atom stereocenters. The van der Waals surface area contributed by atoms with Gasteiger partial charge in [0.1, 0.15) is 13.2 Å². The zero-order chi connectivity index (χ0) is 16.9. The van der Waals surface area contributed by atoms with E-state index in [0.717, 1.165) is 10.5 Å². The Hall–Kier alpha value is -2.05. The maximum absolute atomic E-state index is 12.2. The van der Waals surface area contributed by atoms with E-state index in [1.165, 1.54) is 11.8 Å². The van der Waals surface area contributed by atoms with Crippen molar-refractivity contribution in [2.75, 3.05) is 24.8 Å². The Morgan fingerprint density at radius 2 is 1.83 bits per heavy atom. The van der Waals surface area contributed by atoms with Gasteiger partial charge < -0.3 is 20.1 Å². The molecule has 2 N–H and O–H groups in total. The van der Waals surface area contributed by atoms with Crippen molar-refractivity contribution in [3.05, 3.63) is 47.0 Å². The highest BCUT2D eigenvalue weighted by molar-refractivity contribution is 7.98. The van der Waals surface area contributed by atoms with Crippen LogP contribution in [0.3, 0.4) is 0 Å². The molecule has 1 aliphatic rings. The smallest absolute Gasteiger partial charge is 0.319 e. The summed E-state index contributed by atoms with van der Waals surface area (Å²) < 4.78 is 11.1. The molecule has 1 aliphatic heterocycles. The van der Waals surface area contributed by atoms with Crippen molar-refractivity contribution in [2.45, 2.75) is 11.4 Å². The van der Waals surface area contributed by atoms with Crippen molar-refractivity contribution in [3.63, 3.8) is 0 Å². The molecule has 2 aromatic rings. The quantitative estimate of drug-likeness (QED) is 0.800. The van der Waals surface area contributed by atoms with Gasteiger partial charge in [0.05, 0.1) is 5.69 Å². The van der Waals surface area contributed by atoms with E-state index in [1.807, 2.05) is 24.5 Å².